The van der Waals surface area contributed by atoms with Gasteiger partial charge in [0.25, 0.3) is 0 Å². The summed E-state index contributed by atoms with van der Waals surface area (Å²) in [5.74, 6) is 15.8. The number of rotatable bonds is 5. The molecule has 0 aromatic carbocycles. The van der Waals surface area contributed by atoms with E-state index in [-0.39, 0.29) is 5.97 Å². The number of hydrogen-bond acceptors (Lipinski definition) is 4. The molecule has 1 saturated heterocycles. The number of nitrogens with zero attached hydrogens (tertiary/aromatic N) is 1. The molecule has 4 heteroatoms. The Morgan fingerprint density at radius 2 is 1.32 bits per heavy atom. The van der Waals surface area contributed by atoms with Gasteiger partial charge in [0.1, 0.15) is 6.61 Å². The minimum absolute atomic E-state index is 0.0909. The van der Waals surface area contributed by atoms with Crippen LogP contribution < -0.4 is 0 Å². The van der Waals surface area contributed by atoms with Crippen molar-refractivity contribution >= 4 is 5.97 Å². The van der Waals surface area contributed by atoms with Gasteiger partial charge < -0.3 is 9.47 Å². The van der Waals surface area contributed by atoms with E-state index in [1.807, 2.05) is 0 Å². The first-order valence-electron chi connectivity index (χ1n) is 15.2. The molecular formula is C30H43NO3. The molecule has 0 amide bonds. The zero-order valence-corrected chi connectivity index (χ0v) is 20.7. The van der Waals surface area contributed by atoms with Crippen molar-refractivity contribution in [3.05, 3.63) is 0 Å². The quantitative estimate of drug-likeness (QED) is 0.447. The Morgan fingerprint density at radius 1 is 0.706 bits per heavy atom. The summed E-state index contributed by atoms with van der Waals surface area (Å²) in [6, 6.07) is 0. The lowest BCUT2D eigenvalue weighted by molar-refractivity contribution is -0.146. The average Bonchev–Trinajstić information content (AvgIpc) is 3.68. The number of morpholine rings is 1. The van der Waals surface area contributed by atoms with E-state index >= 15 is 0 Å². The summed E-state index contributed by atoms with van der Waals surface area (Å²) in [7, 11) is 0. The smallest absolute Gasteiger partial charge is 0.306 e. The molecule has 0 aromatic rings. The summed E-state index contributed by atoms with van der Waals surface area (Å²) in [4.78, 5) is 15.2. The van der Waals surface area contributed by atoms with Crippen molar-refractivity contribution in [2.75, 3.05) is 39.5 Å². The molecule has 34 heavy (non-hydrogen) atoms. The van der Waals surface area contributed by atoms with E-state index in [4.69, 9.17) is 9.47 Å². The van der Waals surface area contributed by atoms with Gasteiger partial charge in [-0.3, -0.25) is 9.69 Å². The van der Waals surface area contributed by atoms with E-state index in [2.05, 4.69) is 4.90 Å². The molecule has 4 nitrogen and oxygen atoms in total. The van der Waals surface area contributed by atoms with Gasteiger partial charge in [-0.1, -0.05) is 0 Å². The van der Waals surface area contributed by atoms with Gasteiger partial charge in [-0.05, 0) is 134 Å². The second kappa shape index (κ2) is 7.24. The summed E-state index contributed by atoms with van der Waals surface area (Å²) in [5.41, 5.74) is 0. The predicted molar refractivity (Wildman–Crippen MR) is 128 cm³/mol. The maximum atomic E-state index is 12.8. The van der Waals surface area contributed by atoms with E-state index in [9.17, 15) is 4.79 Å². The molecule has 0 aromatic heterocycles. The Balaban J connectivity index is 0.872. The predicted octanol–water partition coefficient (Wildman–Crippen LogP) is 4.33. The van der Waals surface area contributed by atoms with Crippen molar-refractivity contribution in [2.24, 2.45) is 88.8 Å². The Bertz CT molecular complexity index is 869. The van der Waals surface area contributed by atoms with Gasteiger partial charge in [-0.2, -0.15) is 0 Å². The maximum Gasteiger partial charge on any atom is 0.306 e. The summed E-state index contributed by atoms with van der Waals surface area (Å²) >= 11 is 0. The molecule has 0 N–H and O–H groups in total. The molecule has 9 fully saturated rings. The number of ether oxygens (including phenoxy) is 2. The van der Waals surface area contributed by atoms with Gasteiger partial charge in [0.05, 0.1) is 13.2 Å². The number of carbonyl (C=O) groups is 1. The number of carbonyl (C=O) groups excluding carboxylic acids is 1. The highest BCUT2D eigenvalue weighted by molar-refractivity contribution is 5.69. The van der Waals surface area contributed by atoms with E-state index < -0.39 is 0 Å². The molecule has 186 valence electrons. The van der Waals surface area contributed by atoms with E-state index in [0.717, 1.165) is 110 Å². The fourth-order valence-electron chi connectivity index (χ4n) is 13.8. The van der Waals surface area contributed by atoms with Crippen molar-refractivity contribution in [3.63, 3.8) is 0 Å². The van der Waals surface area contributed by atoms with Crippen molar-refractivity contribution in [3.8, 4) is 0 Å². The molecule has 9 rings (SSSR count). The third-order valence-corrected chi connectivity index (χ3v) is 14.0. The van der Waals surface area contributed by atoms with Gasteiger partial charge in [0.15, 0.2) is 0 Å². The van der Waals surface area contributed by atoms with Crippen LogP contribution in [0, 0.1) is 88.8 Å². The fraction of sp³-hybridized carbons (Fsp3) is 0.967. The van der Waals surface area contributed by atoms with Gasteiger partial charge in [-0.25, -0.2) is 0 Å². The standard InChI is InChI=1S/C30H43NO3/c32-24(34-8-5-31-3-6-33-7-4-31)12-17-10-18-11-19(17)28-23-14-22(27(18)28)29-20-13-21(30(23)29)26-16-2-1-15(9-16)25(20)26/h15-23,25-30H,1-14H2. The van der Waals surface area contributed by atoms with Crippen molar-refractivity contribution in [1.29, 1.82) is 0 Å². The van der Waals surface area contributed by atoms with Crippen molar-refractivity contribution in [2.45, 2.75) is 51.4 Å². The van der Waals surface area contributed by atoms with Crippen LogP contribution in [0.3, 0.4) is 0 Å². The van der Waals surface area contributed by atoms with Gasteiger partial charge >= 0.3 is 5.97 Å². The zero-order chi connectivity index (χ0) is 22.1. The minimum Gasteiger partial charge on any atom is -0.464 e. The maximum absolute atomic E-state index is 12.8. The fourth-order valence-corrected chi connectivity index (χ4v) is 13.8. The Kier molecular flexibility index (Phi) is 4.35. The number of fused-ring (bicyclic) bond motifs is 23. The van der Waals surface area contributed by atoms with Crippen LogP contribution in [-0.4, -0.2) is 50.3 Å². The Morgan fingerprint density at radius 3 is 2.03 bits per heavy atom. The van der Waals surface area contributed by atoms with Crippen LogP contribution >= 0.6 is 0 Å². The molecule has 15 unspecified atom stereocenters. The lowest BCUT2D eigenvalue weighted by atomic mass is 9.54. The Labute approximate surface area is 204 Å². The van der Waals surface area contributed by atoms with Crippen molar-refractivity contribution < 1.29 is 14.3 Å². The third kappa shape index (κ3) is 2.56. The molecule has 9 aliphatic rings. The summed E-state index contributed by atoms with van der Waals surface area (Å²) in [5, 5.41) is 0. The van der Waals surface area contributed by atoms with E-state index in [0.29, 0.717) is 18.9 Å². The van der Waals surface area contributed by atoms with Gasteiger partial charge in [0.2, 0.25) is 0 Å². The molecule has 15 atom stereocenters. The normalized spacial score (nSPS) is 59.6. The van der Waals surface area contributed by atoms with Crippen LogP contribution in [0.5, 0.6) is 0 Å². The second-order valence-electron chi connectivity index (χ2n) is 14.5. The summed E-state index contributed by atoms with van der Waals surface area (Å²) in [6.07, 6.45) is 11.5. The highest BCUT2D eigenvalue weighted by atomic mass is 16.5. The first-order valence-corrected chi connectivity index (χ1v) is 15.2. The van der Waals surface area contributed by atoms with E-state index in [1.54, 1.807) is 32.1 Å². The average molecular weight is 466 g/mol. The summed E-state index contributed by atoms with van der Waals surface area (Å²) < 4.78 is 11.2. The highest BCUT2D eigenvalue weighted by Crippen LogP contribution is 2.81. The van der Waals surface area contributed by atoms with Crippen LogP contribution in [0.15, 0.2) is 0 Å². The first-order chi connectivity index (χ1) is 16.8. The topological polar surface area (TPSA) is 38.8 Å². The molecule has 8 aliphatic carbocycles. The molecule has 0 spiro atoms. The van der Waals surface area contributed by atoms with Gasteiger partial charge in [0, 0.05) is 26.1 Å². The molecule has 8 bridgehead atoms. The van der Waals surface area contributed by atoms with E-state index in [1.165, 1.54) is 18.8 Å². The lowest BCUT2D eigenvalue weighted by Crippen LogP contribution is -2.47. The number of hydrogen-bond donors (Lipinski definition) is 0. The Hall–Kier alpha value is -0.610. The molecule has 1 heterocycles. The second-order valence-corrected chi connectivity index (χ2v) is 14.5. The van der Waals surface area contributed by atoms with Crippen LogP contribution in [-0.2, 0) is 14.3 Å². The lowest BCUT2D eigenvalue weighted by Gasteiger charge is -2.51. The largest absolute Gasteiger partial charge is 0.464 e. The first kappa shape index (κ1) is 20.4. The molecule has 8 saturated carbocycles. The zero-order valence-electron chi connectivity index (χ0n) is 20.7. The van der Waals surface area contributed by atoms with Crippen LogP contribution in [0.1, 0.15) is 51.4 Å². The SMILES string of the molecule is O=C(CC1CC2CC1C1C3CC(C21)C1C2CC(C4C5CCC(C5)C24)C31)OCCN1CCOCC1. The molecular weight excluding hydrogens is 422 g/mol. The van der Waals surface area contributed by atoms with Crippen LogP contribution in [0.25, 0.3) is 0 Å². The van der Waals surface area contributed by atoms with Gasteiger partial charge in [-0.15, -0.1) is 0 Å². The molecule has 0 radical (unpaired) electrons. The molecule has 1 aliphatic heterocycles. The highest BCUT2D eigenvalue weighted by Gasteiger charge is 2.76. The van der Waals surface area contributed by atoms with Crippen LogP contribution in [0.4, 0.5) is 0 Å². The third-order valence-electron chi connectivity index (χ3n) is 14.0. The van der Waals surface area contributed by atoms with Crippen molar-refractivity contribution in [1.82, 2.24) is 4.90 Å². The summed E-state index contributed by atoms with van der Waals surface area (Å²) in [6.45, 7) is 5.01. The van der Waals surface area contributed by atoms with Crippen LogP contribution in [0.2, 0.25) is 0 Å². The minimum atomic E-state index is 0.0909. The number of esters is 1. The monoisotopic (exact) mass is 465 g/mol.